The number of aryl methyl sites for hydroxylation is 2. The summed E-state index contributed by atoms with van der Waals surface area (Å²) in [6.45, 7) is 3.85. The third-order valence-corrected chi connectivity index (χ3v) is 5.52. The van der Waals surface area contributed by atoms with E-state index in [4.69, 9.17) is 0 Å². The van der Waals surface area contributed by atoms with Gasteiger partial charge in [0, 0.05) is 0 Å². The second-order valence-electron chi connectivity index (χ2n) is 4.86. The van der Waals surface area contributed by atoms with E-state index in [1.165, 1.54) is 17.7 Å². The molecule has 114 valence electrons. The first-order valence-electron chi connectivity index (χ1n) is 6.51. The van der Waals surface area contributed by atoms with Gasteiger partial charge in [0.1, 0.15) is 6.33 Å². The van der Waals surface area contributed by atoms with Crippen molar-refractivity contribution < 1.29 is 8.42 Å². The molecule has 0 amide bonds. The average molecular weight is 334 g/mol. The molecule has 0 spiro atoms. The molecule has 0 atom stereocenters. The van der Waals surface area contributed by atoms with Crippen molar-refractivity contribution in [3.05, 3.63) is 47.1 Å². The monoisotopic (exact) mass is 334 g/mol. The van der Waals surface area contributed by atoms with Gasteiger partial charge in [-0.05, 0) is 36.9 Å². The molecule has 0 fully saturated rings. The summed E-state index contributed by atoms with van der Waals surface area (Å²) < 4.78 is 25.3. The number of fused-ring (bicyclic) bond motifs is 1. The van der Waals surface area contributed by atoms with Crippen LogP contribution in [0.2, 0.25) is 0 Å². The number of anilines is 1. The van der Waals surface area contributed by atoms with Gasteiger partial charge in [0.25, 0.3) is 10.0 Å². The van der Waals surface area contributed by atoms with Crippen LogP contribution in [0.15, 0.2) is 40.9 Å². The van der Waals surface area contributed by atoms with Crippen molar-refractivity contribution in [1.82, 2.24) is 14.8 Å². The Kier molecular flexibility index (Phi) is 3.81. The van der Waals surface area contributed by atoms with Crippen molar-refractivity contribution in [2.24, 2.45) is 0 Å². The Morgan fingerprint density at radius 2 is 1.82 bits per heavy atom. The van der Waals surface area contributed by atoms with Crippen molar-refractivity contribution >= 4 is 37.4 Å². The summed E-state index contributed by atoms with van der Waals surface area (Å²) >= 11 is 1.47. The highest BCUT2D eigenvalue weighted by molar-refractivity contribution is 7.89. The first kappa shape index (κ1) is 14.9. The van der Waals surface area contributed by atoms with Crippen molar-refractivity contribution in [3.8, 4) is 0 Å². The van der Waals surface area contributed by atoms with Crippen molar-refractivity contribution in [1.29, 1.82) is 0 Å². The minimum Gasteiger partial charge on any atom is -0.291 e. The number of nitrogens with one attached hydrogen (secondary N) is 2. The summed E-state index contributed by atoms with van der Waals surface area (Å²) in [5, 5.41) is 1.96. The average Bonchev–Trinajstić information content (AvgIpc) is 2.88. The van der Waals surface area contributed by atoms with E-state index in [0.717, 1.165) is 21.3 Å². The van der Waals surface area contributed by atoms with Gasteiger partial charge in [-0.25, -0.2) is 18.4 Å². The second kappa shape index (κ2) is 5.64. The van der Waals surface area contributed by atoms with Gasteiger partial charge in [-0.3, -0.25) is 5.43 Å². The SMILES string of the molecule is Cc1ccc(S(=O)(=O)NNc2ncnc3c(C)csc23)cc1. The Morgan fingerprint density at radius 1 is 1.09 bits per heavy atom. The molecule has 8 heteroatoms. The summed E-state index contributed by atoms with van der Waals surface area (Å²) in [5.41, 5.74) is 5.53. The summed E-state index contributed by atoms with van der Waals surface area (Å²) in [6, 6.07) is 6.62. The van der Waals surface area contributed by atoms with E-state index >= 15 is 0 Å². The summed E-state index contributed by atoms with van der Waals surface area (Å²) in [5.74, 6) is 0.443. The molecular formula is C14H14N4O2S2. The zero-order valence-electron chi connectivity index (χ0n) is 12.0. The molecule has 2 heterocycles. The fourth-order valence-corrected chi connectivity index (χ4v) is 3.74. The van der Waals surface area contributed by atoms with E-state index in [1.807, 2.05) is 19.2 Å². The van der Waals surface area contributed by atoms with Crippen molar-refractivity contribution in [3.63, 3.8) is 0 Å². The highest BCUT2D eigenvalue weighted by atomic mass is 32.2. The van der Waals surface area contributed by atoms with E-state index in [-0.39, 0.29) is 4.90 Å². The van der Waals surface area contributed by atoms with E-state index < -0.39 is 10.0 Å². The van der Waals surface area contributed by atoms with Gasteiger partial charge in [-0.1, -0.05) is 17.7 Å². The smallest absolute Gasteiger partial charge is 0.257 e. The third-order valence-electron chi connectivity index (χ3n) is 3.17. The molecular weight excluding hydrogens is 320 g/mol. The molecule has 0 saturated carbocycles. The molecule has 0 radical (unpaired) electrons. The van der Waals surface area contributed by atoms with Gasteiger partial charge in [0.05, 0.1) is 15.1 Å². The van der Waals surface area contributed by atoms with Crippen LogP contribution in [0, 0.1) is 13.8 Å². The number of nitrogens with zero attached hydrogens (tertiary/aromatic N) is 2. The first-order valence-corrected chi connectivity index (χ1v) is 8.87. The number of hydrogen-bond donors (Lipinski definition) is 2. The van der Waals surface area contributed by atoms with Crippen LogP contribution in [-0.2, 0) is 10.0 Å². The lowest BCUT2D eigenvalue weighted by molar-refractivity contribution is 0.587. The molecule has 2 aromatic heterocycles. The van der Waals surface area contributed by atoms with E-state index in [1.54, 1.807) is 24.3 Å². The predicted molar refractivity (Wildman–Crippen MR) is 87.3 cm³/mol. The van der Waals surface area contributed by atoms with E-state index in [2.05, 4.69) is 20.2 Å². The second-order valence-corrected chi connectivity index (χ2v) is 7.42. The summed E-state index contributed by atoms with van der Waals surface area (Å²) in [4.78, 5) is 10.8. The largest absolute Gasteiger partial charge is 0.291 e. The molecule has 0 bridgehead atoms. The van der Waals surface area contributed by atoms with Crippen LogP contribution in [0.1, 0.15) is 11.1 Å². The van der Waals surface area contributed by atoms with Crippen LogP contribution in [-0.4, -0.2) is 18.4 Å². The summed E-state index contributed by atoms with van der Waals surface area (Å²) in [7, 11) is -3.65. The van der Waals surface area contributed by atoms with Gasteiger partial charge >= 0.3 is 0 Å². The maximum Gasteiger partial charge on any atom is 0.257 e. The van der Waals surface area contributed by atoms with Crippen LogP contribution in [0.5, 0.6) is 0 Å². The maximum atomic E-state index is 12.2. The van der Waals surface area contributed by atoms with Gasteiger partial charge in [0.2, 0.25) is 0 Å². The topological polar surface area (TPSA) is 84.0 Å². The fraction of sp³-hybridized carbons (Fsp3) is 0.143. The molecule has 1 aromatic carbocycles. The lowest BCUT2D eigenvalue weighted by Gasteiger charge is -2.09. The number of hydrazine groups is 1. The maximum absolute atomic E-state index is 12.2. The van der Waals surface area contributed by atoms with E-state index in [0.29, 0.717) is 5.82 Å². The molecule has 0 aliphatic heterocycles. The molecule has 3 rings (SSSR count). The van der Waals surface area contributed by atoms with Crippen LogP contribution in [0.25, 0.3) is 10.2 Å². The van der Waals surface area contributed by atoms with E-state index in [9.17, 15) is 8.42 Å². The Hall–Kier alpha value is -2.03. The normalized spacial score (nSPS) is 11.7. The van der Waals surface area contributed by atoms with Crippen molar-refractivity contribution in [2.75, 3.05) is 5.43 Å². The highest BCUT2D eigenvalue weighted by Crippen LogP contribution is 2.28. The number of thiophene rings is 1. The predicted octanol–water partition coefficient (Wildman–Crippen LogP) is 2.61. The Morgan fingerprint density at radius 3 is 2.55 bits per heavy atom. The fourth-order valence-electron chi connectivity index (χ4n) is 1.95. The van der Waals surface area contributed by atoms with Crippen LogP contribution >= 0.6 is 11.3 Å². The van der Waals surface area contributed by atoms with Crippen LogP contribution in [0.4, 0.5) is 5.82 Å². The first-order chi connectivity index (χ1) is 10.5. The Balaban J connectivity index is 1.86. The Labute approximate surface area is 132 Å². The zero-order chi connectivity index (χ0) is 15.7. The molecule has 22 heavy (non-hydrogen) atoms. The number of hydrogen-bond acceptors (Lipinski definition) is 6. The molecule has 3 aromatic rings. The molecule has 6 nitrogen and oxygen atoms in total. The van der Waals surface area contributed by atoms with Gasteiger partial charge in [-0.2, -0.15) is 0 Å². The van der Waals surface area contributed by atoms with Gasteiger partial charge in [0.15, 0.2) is 5.82 Å². The van der Waals surface area contributed by atoms with Crippen molar-refractivity contribution in [2.45, 2.75) is 18.7 Å². The lowest BCUT2D eigenvalue weighted by atomic mass is 10.2. The molecule has 0 saturated heterocycles. The number of aromatic nitrogens is 2. The van der Waals surface area contributed by atoms with Crippen LogP contribution in [0.3, 0.4) is 0 Å². The number of sulfonamides is 1. The third kappa shape index (κ3) is 2.80. The number of rotatable bonds is 4. The van der Waals surface area contributed by atoms with Gasteiger partial charge < -0.3 is 0 Å². The number of benzene rings is 1. The molecule has 2 N–H and O–H groups in total. The minimum absolute atomic E-state index is 0.193. The minimum atomic E-state index is -3.65. The lowest BCUT2D eigenvalue weighted by Crippen LogP contribution is -2.30. The standard InChI is InChI=1S/C14H14N4O2S2/c1-9-3-5-11(6-4-9)22(19,20)18-17-14-13-12(15-8-16-14)10(2)7-21-13/h3-8,18H,1-2H3,(H,15,16,17). The summed E-state index contributed by atoms with van der Waals surface area (Å²) in [6.07, 6.45) is 1.41. The molecule has 0 unspecified atom stereocenters. The zero-order valence-corrected chi connectivity index (χ0v) is 13.6. The van der Waals surface area contributed by atoms with Gasteiger partial charge in [-0.15, -0.1) is 16.2 Å². The van der Waals surface area contributed by atoms with Crippen LogP contribution < -0.4 is 10.3 Å². The Bertz CT molecular complexity index is 918. The highest BCUT2D eigenvalue weighted by Gasteiger charge is 2.15. The molecule has 0 aliphatic carbocycles. The molecule has 0 aliphatic rings. The quantitative estimate of drug-likeness (QED) is 0.717.